The minimum absolute atomic E-state index is 0.344. The molecule has 3 aromatic rings. The summed E-state index contributed by atoms with van der Waals surface area (Å²) >= 11 is 1.28. The van der Waals surface area contributed by atoms with Crippen LogP contribution in [0, 0.1) is 0 Å². The summed E-state index contributed by atoms with van der Waals surface area (Å²) in [6.45, 7) is 4.99. The van der Waals surface area contributed by atoms with Crippen LogP contribution in [0.5, 0.6) is 5.88 Å². The number of benzene rings is 1. The molecule has 0 spiro atoms. The Labute approximate surface area is 161 Å². The van der Waals surface area contributed by atoms with Gasteiger partial charge in [-0.1, -0.05) is 29.4 Å². The predicted octanol–water partition coefficient (Wildman–Crippen LogP) is 3.37. The molecule has 0 saturated heterocycles. The smallest absolute Gasteiger partial charge is 0.322 e. The van der Waals surface area contributed by atoms with E-state index in [1.807, 2.05) is 30.5 Å². The summed E-state index contributed by atoms with van der Waals surface area (Å²) < 4.78 is 25.4. The van der Waals surface area contributed by atoms with Gasteiger partial charge in [0.2, 0.25) is 11.7 Å². The maximum absolute atomic E-state index is 5.60. The van der Waals surface area contributed by atoms with Crippen molar-refractivity contribution in [1.82, 2.24) is 14.5 Å². The molecule has 0 aliphatic carbocycles. The van der Waals surface area contributed by atoms with Crippen LogP contribution in [0.4, 0.5) is 6.01 Å². The molecular weight excluding hydrogens is 368 g/mol. The largest absolute Gasteiger partial charge is 0.480 e. The first-order valence-corrected chi connectivity index (χ1v) is 9.43. The highest BCUT2D eigenvalue weighted by Gasteiger charge is 2.15. The van der Waals surface area contributed by atoms with Crippen LogP contribution in [-0.4, -0.2) is 41.4 Å². The Morgan fingerprint density at radius 2 is 2.04 bits per heavy atom. The molecule has 0 saturated carbocycles. The van der Waals surface area contributed by atoms with Crippen LogP contribution in [0.3, 0.4) is 0 Å². The number of hydrogen-bond donors (Lipinski definition) is 1. The van der Waals surface area contributed by atoms with Crippen LogP contribution in [0.2, 0.25) is 0 Å². The second-order valence-corrected chi connectivity index (χ2v) is 6.21. The number of nitrogens with zero attached hydrogens (tertiary/aromatic N) is 3. The van der Waals surface area contributed by atoms with E-state index in [-0.39, 0.29) is 0 Å². The van der Waals surface area contributed by atoms with Gasteiger partial charge in [-0.3, -0.25) is 0 Å². The van der Waals surface area contributed by atoms with E-state index in [0.717, 1.165) is 11.1 Å². The lowest BCUT2D eigenvalue weighted by Gasteiger charge is -2.07. The average molecular weight is 390 g/mol. The van der Waals surface area contributed by atoms with Crippen LogP contribution < -0.4 is 10.1 Å². The summed E-state index contributed by atoms with van der Waals surface area (Å²) in [6.07, 6.45) is 0. The summed E-state index contributed by atoms with van der Waals surface area (Å²) in [5, 5.41) is 8.92. The van der Waals surface area contributed by atoms with Gasteiger partial charge < -0.3 is 24.1 Å². The lowest BCUT2D eigenvalue weighted by molar-refractivity contribution is 0.0453. The number of aromatic nitrogens is 3. The molecule has 0 bridgehead atoms. The maximum Gasteiger partial charge on any atom is 0.322 e. The summed E-state index contributed by atoms with van der Waals surface area (Å²) in [6, 6.07) is 8.48. The van der Waals surface area contributed by atoms with Gasteiger partial charge in [0.1, 0.15) is 0 Å². The van der Waals surface area contributed by atoms with E-state index in [2.05, 4.69) is 25.9 Å². The minimum Gasteiger partial charge on any atom is -0.480 e. The molecule has 0 unspecified atom stereocenters. The molecule has 144 valence electrons. The second-order valence-electron chi connectivity index (χ2n) is 5.58. The van der Waals surface area contributed by atoms with Crippen molar-refractivity contribution in [2.75, 3.05) is 32.2 Å². The third-order valence-corrected chi connectivity index (χ3v) is 4.29. The van der Waals surface area contributed by atoms with E-state index in [9.17, 15) is 0 Å². The molecule has 1 aromatic carbocycles. The van der Waals surface area contributed by atoms with Gasteiger partial charge in [-0.05, 0) is 29.6 Å². The molecule has 0 atom stereocenters. The molecular formula is C18H22N4O4S. The lowest BCUT2D eigenvalue weighted by Crippen LogP contribution is -2.04. The number of methoxy groups -OCH3 is 1. The highest BCUT2D eigenvalue weighted by atomic mass is 32.1. The molecule has 2 heterocycles. The normalized spacial score (nSPS) is 10.9. The van der Waals surface area contributed by atoms with Crippen molar-refractivity contribution >= 4 is 17.5 Å². The van der Waals surface area contributed by atoms with Crippen LogP contribution >= 0.6 is 11.5 Å². The van der Waals surface area contributed by atoms with E-state index in [0.29, 0.717) is 56.3 Å². The summed E-state index contributed by atoms with van der Waals surface area (Å²) in [7, 11) is 1.56. The van der Waals surface area contributed by atoms with Crippen molar-refractivity contribution in [2.45, 2.75) is 20.1 Å². The van der Waals surface area contributed by atoms with Gasteiger partial charge in [0.15, 0.2) is 0 Å². The Bertz CT molecular complexity index is 836. The van der Waals surface area contributed by atoms with Crippen molar-refractivity contribution in [2.24, 2.45) is 0 Å². The Kier molecular flexibility index (Phi) is 7.14. The third-order valence-electron chi connectivity index (χ3n) is 3.68. The summed E-state index contributed by atoms with van der Waals surface area (Å²) in [5.41, 5.74) is 2.91. The van der Waals surface area contributed by atoms with Crippen LogP contribution in [-0.2, 0) is 22.6 Å². The monoisotopic (exact) mass is 390 g/mol. The number of anilines is 1. The Morgan fingerprint density at radius 3 is 2.89 bits per heavy atom. The van der Waals surface area contributed by atoms with Crippen molar-refractivity contribution in [1.29, 1.82) is 0 Å². The summed E-state index contributed by atoms with van der Waals surface area (Å²) in [5.74, 6) is 0.934. The predicted molar refractivity (Wildman–Crippen MR) is 102 cm³/mol. The fraction of sp³-hybridized carbons (Fsp3) is 0.389. The molecule has 0 fully saturated rings. The second kappa shape index (κ2) is 10.0. The van der Waals surface area contributed by atoms with E-state index in [4.69, 9.17) is 18.7 Å². The molecule has 0 aliphatic rings. The van der Waals surface area contributed by atoms with E-state index in [1.165, 1.54) is 11.5 Å². The Balaban J connectivity index is 1.52. The van der Waals surface area contributed by atoms with Gasteiger partial charge in [0.05, 0.1) is 32.5 Å². The van der Waals surface area contributed by atoms with Crippen LogP contribution in [0.1, 0.15) is 18.1 Å². The third kappa shape index (κ3) is 5.49. The molecule has 27 heavy (non-hydrogen) atoms. The number of ether oxygens (including phenoxy) is 3. The first-order chi connectivity index (χ1) is 13.3. The van der Waals surface area contributed by atoms with Crippen molar-refractivity contribution in [3.05, 3.63) is 40.8 Å². The summed E-state index contributed by atoms with van der Waals surface area (Å²) in [4.78, 5) is 4.34. The zero-order valence-corrected chi connectivity index (χ0v) is 16.1. The molecule has 0 radical (unpaired) electrons. The quantitative estimate of drug-likeness (QED) is 0.498. The zero-order valence-electron chi connectivity index (χ0n) is 15.3. The molecule has 0 amide bonds. The van der Waals surface area contributed by atoms with Gasteiger partial charge in [0.25, 0.3) is 0 Å². The van der Waals surface area contributed by atoms with Crippen LogP contribution in [0.15, 0.2) is 34.2 Å². The topological polar surface area (TPSA) is 91.5 Å². The van der Waals surface area contributed by atoms with E-state index >= 15 is 0 Å². The van der Waals surface area contributed by atoms with Gasteiger partial charge in [0, 0.05) is 18.5 Å². The van der Waals surface area contributed by atoms with Crippen molar-refractivity contribution in [3.63, 3.8) is 0 Å². The fourth-order valence-electron chi connectivity index (χ4n) is 2.39. The average Bonchev–Trinajstić information content (AvgIpc) is 3.35. The number of rotatable bonds is 11. The molecule has 9 heteroatoms. The van der Waals surface area contributed by atoms with Gasteiger partial charge in [-0.25, -0.2) is 0 Å². The highest BCUT2D eigenvalue weighted by Crippen LogP contribution is 2.28. The zero-order chi connectivity index (χ0) is 18.9. The standard InChI is InChI=1S/C18H22N4O4S/c1-3-24-7-8-25-11-14-6-4-5-13(9-14)10-19-18-20-16(21-26-18)15-12-27-22-17(15)23-2/h4-6,9,12H,3,7-8,10-11H2,1-2H3,(H,19,20,21). The first-order valence-electron chi connectivity index (χ1n) is 8.59. The first kappa shape index (κ1) is 19.3. The van der Waals surface area contributed by atoms with Gasteiger partial charge in [-0.2, -0.15) is 9.36 Å². The van der Waals surface area contributed by atoms with Gasteiger partial charge in [-0.15, -0.1) is 0 Å². The van der Waals surface area contributed by atoms with Crippen molar-refractivity contribution < 1.29 is 18.7 Å². The molecule has 0 aliphatic heterocycles. The molecule has 1 N–H and O–H groups in total. The number of nitrogens with one attached hydrogen (secondary N) is 1. The Morgan fingerprint density at radius 1 is 1.19 bits per heavy atom. The van der Waals surface area contributed by atoms with E-state index in [1.54, 1.807) is 7.11 Å². The highest BCUT2D eigenvalue weighted by molar-refractivity contribution is 7.04. The minimum atomic E-state index is 0.344. The fourth-order valence-corrected chi connectivity index (χ4v) is 3.02. The number of hydrogen-bond acceptors (Lipinski definition) is 9. The molecule has 8 nitrogen and oxygen atoms in total. The van der Waals surface area contributed by atoms with Crippen molar-refractivity contribution in [3.8, 4) is 17.3 Å². The molecule has 2 aromatic heterocycles. The maximum atomic E-state index is 5.60. The SMILES string of the molecule is CCOCCOCc1cccc(CNc2nc(-c3csnc3OC)no2)c1. The Hall–Kier alpha value is -2.49. The van der Waals surface area contributed by atoms with Crippen LogP contribution in [0.25, 0.3) is 11.4 Å². The molecule has 3 rings (SSSR count). The lowest BCUT2D eigenvalue weighted by atomic mass is 10.1. The van der Waals surface area contributed by atoms with E-state index < -0.39 is 0 Å². The van der Waals surface area contributed by atoms with Gasteiger partial charge >= 0.3 is 6.01 Å².